The maximum atomic E-state index is 12.8. The summed E-state index contributed by atoms with van der Waals surface area (Å²) >= 11 is 0. The normalized spacial score (nSPS) is 12.2. The van der Waals surface area contributed by atoms with Crippen LogP contribution in [0.4, 0.5) is 0 Å². The van der Waals surface area contributed by atoms with Gasteiger partial charge < -0.3 is 0 Å². The molecule has 0 saturated carbocycles. The number of pyridine rings is 1. The molecule has 0 unspecified atom stereocenters. The fourth-order valence-electron chi connectivity index (χ4n) is 2.84. The van der Waals surface area contributed by atoms with Crippen LogP contribution in [0.15, 0.2) is 41.2 Å². The number of carbonyl (C=O) groups excluding carboxylic acids is 1. The van der Waals surface area contributed by atoms with Crippen LogP contribution in [0.25, 0.3) is 22.9 Å². The van der Waals surface area contributed by atoms with E-state index < -0.39 is 11.5 Å². The maximum absolute atomic E-state index is 12.8. The van der Waals surface area contributed by atoms with E-state index in [4.69, 9.17) is 0 Å². The predicted octanol–water partition coefficient (Wildman–Crippen LogP) is 1.57. The lowest BCUT2D eigenvalue weighted by Gasteiger charge is -2.08. The minimum absolute atomic E-state index is 0.0630. The molecule has 0 atom stereocenters. The van der Waals surface area contributed by atoms with Crippen LogP contribution < -0.4 is 5.56 Å². The van der Waals surface area contributed by atoms with Crippen molar-refractivity contribution in [3.63, 3.8) is 0 Å². The molecule has 112 valence electrons. The largest absolute Gasteiger partial charge is 0.290 e. The zero-order valence-corrected chi connectivity index (χ0v) is 12.1. The van der Waals surface area contributed by atoms with Crippen LogP contribution in [0.3, 0.4) is 0 Å². The Morgan fingerprint density at radius 2 is 1.67 bits per heavy atom. The number of fused-ring (bicyclic) bond motifs is 3. The molecule has 0 bridgehead atoms. The van der Waals surface area contributed by atoms with Gasteiger partial charge in [-0.15, -0.1) is 0 Å². The van der Waals surface area contributed by atoms with Gasteiger partial charge in [0.15, 0.2) is 11.5 Å². The monoisotopic (exact) mass is 313 g/mol. The first-order valence-electron chi connectivity index (χ1n) is 6.97. The van der Waals surface area contributed by atoms with Gasteiger partial charge in [0, 0.05) is 11.6 Å². The summed E-state index contributed by atoms with van der Waals surface area (Å²) < 4.78 is 2.05. The Balaban J connectivity index is 2.26. The van der Waals surface area contributed by atoms with Crippen LogP contribution in [0.1, 0.15) is 21.7 Å². The van der Waals surface area contributed by atoms with Crippen LogP contribution in [0.5, 0.6) is 0 Å². The molecular weight excluding hydrogens is 306 g/mol. The number of hydrogen-bond donors (Lipinski definition) is 0. The highest BCUT2D eigenvalue weighted by molar-refractivity contribution is 5.99. The second-order valence-corrected chi connectivity index (χ2v) is 5.11. The molecule has 0 radical (unpaired) electrons. The SMILES string of the molecule is N#Cc1c(-c2ccccc2)c(C#N)c2nc3n(n2c1=O)C(=O)C=C3. The summed E-state index contributed by atoms with van der Waals surface area (Å²) in [7, 11) is 0. The standard InChI is InChI=1S/C17H7N5O2/c18-8-11-15(10-4-2-1-3-5-10)12(9-19)17(24)22-16(11)20-13-6-7-14(23)21(13)22/h1-7H. The van der Waals surface area contributed by atoms with Crippen LogP contribution >= 0.6 is 0 Å². The molecule has 1 aliphatic rings. The molecular formula is C17H7N5O2. The average molecular weight is 313 g/mol. The van der Waals surface area contributed by atoms with Crippen LogP contribution in [-0.2, 0) is 0 Å². The molecule has 1 aromatic carbocycles. The van der Waals surface area contributed by atoms with E-state index in [1.807, 2.05) is 12.1 Å². The van der Waals surface area contributed by atoms with Crippen molar-refractivity contribution in [2.45, 2.75) is 0 Å². The number of nitrogens with zero attached hydrogens (tertiary/aromatic N) is 5. The summed E-state index contributed by atoms with van der Waals surface area (Å²) in [6.07, 6.45) is 2.74. The van der Waals surface area contributed by atoms with Crippen LogP contribution in [0.2, 0.25) is 0 Å². The Morgan fingerprint density at radius 1 is 0.958 bits per heavy atom. The third-order valence-corrected chi connectivity index (χ3v) is 3.84. The van der Waals surface area contributed by atoms with E-state index in [2.05, 4.69) is 4.98 Å². The van der Waals surface area contributed by atoms with Gasteiger partial charge in [0.2, 0.25) is 0 Å². The van der Waals surface area contributed by atoms with Crippen molar-refractivity contribution in [2.75, 3.05) is 0 Å². The number of allylic oxidation sites excluding steroid dienone is 1. The molecule has 1 aliphatic heterocycles. The summed E-state index contributed by atoms with van der Waals surface area (Å²) in [5, 5.41) is 19.1. The van der Waals surface area contributed by atoms with Crippen molar-refractivity contribution in [2.24, 2.45) is 0 Å². The van der Waals surface area contributed by atoms with E-state index in [1.165, 1.54) is 12.2 Å². The first-order valence-corrected chi connectivity index (χ1v) is 6.97. The Bertz CT molecular complexity index is 1200. The summed E-state index contributed by atoms with van der Waals surface area (Å²) in [5.41, 5.74) is 0.0753. The van der Waals surface area contributed by atoms with Gasteiger partial charge in [-0.2, -0.15) is 19.7 Å². The number of aromatic nitrogens is 3. The van der Waals surface area contributed by atoms with E-state index in [-0.39, 0.29) is 28.2 Å². The molecule has 0 saturated heterocycles. The minimum atomic E-state index is -0.679. The highest BCUT2D eigenvalue weighted by Crippen LogP contribution is 2.28. The Hall–Kier alpha value is -3.97. The highest BCUT2D eigenvalue weighted by atomic mass is 16.2. The van der Waals surface area contributed by atoms with Gasteiger partial charge in [-0.3, -0.25) is 9.59 Å². The molecule has 24 heavy (non-hydrogen) atoms. The van der Waals surface area contributed by atoms with E-state index in [0.29, 0.717) is 5.56 Å². The highest BCUT2D eigenvalue weighted by Gasteiger charge is 2.27. The van der Waals surface area contributed by atoms with Crippen LogP contribution in [-0.4, -0.2) is 20.1 Å². The topological polar surface area (TPSA) is 104 Å². The van der Waals surface area contributed by atoms with Gasteiger partial charge in [-0.05, 0) is 11.6 Å². The van der Waals surface area contributed by atoms with Gasteiger partial charge in [0.25, 0.3) is 11.5 Å². The Labute approximate surface area is 134 Å². The molecule has 0 aliphatic carbocycles. The average Bonchev–Trinajstić information content (AvgIpc) is 3.15. The molecule has 7 heteroatoms. The van der Waals surface area contributed by atoms with Crippen molar-refractivity contribution in [1.82, 2.24) is 14.2 Å². The number of benzene rings is 1. The zero-order valence-electron chi connectivity index (χ0n) is 12.1. The van der Waals surface area contributed by atoms with Crippen molar-refractivity contribution in [3.05, 3.63) is 63.7 Å². The van der Waals surface area contributed by atoms with E-state index in [9.17, 15) is 20.1 Å². The number of carbonyl (C=O) groups is 1. The summed E-state index contributed by atoms with van der Waals surface area (Å²) in [6, 6.07) is 12.6. The fourth-order valence-corrected chi connectivity index (χ4v) is 2.84. The molecule has 0 fully saturated rings. The third kappa shape index (κ3) is 1.61. The molecule has 0 amide bonds. The quantitative estimate of drug-likeness (QED) is 0.678. The lowest BCUT2D eigenvalue weighted by molar-refractivity contribution is 0.0954. The number of hydrogen-bond acceptors (Lipinski definition) is 5. The Morgan fingerprint density at radius 3 is 2.33 bits per heavy atom. The lowest BCUT2D eigenvalue weighted by atomic mass is 9.97. The smallest absolute Gasteiger partial charge is 0.267 e. The van der Waals surface area contributed by atoms with E-state index >= 15 is 0 Å². The van der Waals surface area contributed by atoms with Crippen molar-refractivity contribution in [3.8, 4) is 23.3 Å². The van der Waals surface area contributed by atoms with E-state index in [0.717, 1.165) is 9.20 Å². The first kappa shape index (κ1) is 13.7. The van der Waals surface area contributed by atoms with Crippen molar-refractivity contribution in [1.29, 1.82) is 10.5 Å². The minimum Gasteiger partial charge on any atom is -0.267 e. The zero-order chi connectivity index (χ0) is 16.8. The van der Waals surface area contributed by atoms with Crippen LogP contribution in [0, 0.1) is 22.7 Å². The molecule has 4 rings (SSSR count). The summed E-state index contributed by atoms with van der Waals surface area (Å²) in [6.45, 7) is 0. The Kier molecular flexibility index (Phi) is 2.72. The van der Waals surface area contributed by atoms with Crippen molar-refractivity contribution >= 4 is 17.6 Å². The molecule has 3 heterocycles. The summed E-state index contributed by atoms with van der Waals surface area (Å²) in [5.74, 6) is -0.197. The van der Waals surface area contributed by atoms with E-state index in [1.54, 1.807) is 30.3 Å². The molecule has 3 aromatic rings. The summed E-state index contributed by atoms with van der Waals surface area (Å²) in [4.78, 5) is 29.0. The third-order valence-electron chi connectivity index (χ3n) is 3.84. The number of nitriles is 2. The second kappa shape index (κ2) is 4.77. The molecule has 7 nitrogen and oxygen atoms in total. The number of rotatable bonds is 1. The predicted molar refractivity (Wildman–Crippen MR) is 84.0 cm³/mol. The maximum Gasteiger partial charge on any atom is 0.290 e. The van der Waals surface area contributed by atoms with Gasteiger partial charge in [0.05, 0.1) is 0 Å². The fraction of sp³-hybridized carbons (Fsp3) is 0. The molecule has 2 aromatic heterocycles. The molecule has 0 N–H and O–H groups in total. The van der Waals surface area contributed by atoms with Gasteiger partial charge >= 0.3 is 0 Å². The van der Waals surface area contributed by atoms with Crippen molar-refractivity contribution < 1.29 is 4.79 Å². The lowest BCUT2D eigenvalue weighted by Crippen LogP contribution is -2.27. The molecule has 0 spiro atoms. The first-order chi connectivity index (χ1) is 11.7. The second-order valence-electron chi connectivity index (χ2n) is 5.11. The van der Waals surface area contributed by atoms with Gasteiger partial charge in [-0.25, -0.2) is 4.98 Å². The van der Waals surface area contributed by atoms with Gasteiger partial charge in [0.1, 0.15) is 23.3 Å². The van der Waals surface area contributed by atoms with Gasteiger partial charge in [-0.1, -0.05) is 30.3 Å².